The number of thiazole rings is 1. The number of nitrogens with zero attached hydrogens (tertiary/aromatic N) is 1. The number of halogens is 1. The molecule has 3 rings (SSSR count). The van der Waals surface area contributed by atoms with Crippen LogP contribution < -0.4 is 10.0 Å². The van der Waals surface area contributed by atoms with Gasteiger partial charge in [-0.1, -0.05) is 41.2 Å². The molecule has 3 aromatic rings. The molecule has 0 unspecified atom stereocenters. The second-order valence-electron chi connectivity index (χ2n) is 6.16. The molecule has 2 aromatic carbocycles. The summed E-state index contributed by atoms with van der Waals surface area (Å²) < 4.78 is 40.3. The van der Waals surface area contributed by atoms with Gasteiger partial charge in [0.15, 0.2) is 5.13 Å². The van der Waals surface area contributed by atoms with Crippen molar-refractivity contribution in [2.75, 3.05) is 4.72 Å². The topological polar surface area (TPSA) is 88.2 Å². The van der Waals surface area contributed by atoms with Gasteiger partial charge < -0.3 is 5.32 Å². The summed E-state index contributed by atoms with van der Waals surface area (Å²) in [5, 5.41) is 2.84. The van der Waals surface area contributed by atoms with Crippen LogP contribution in [0.3, 0.4) is 0 Å². The molecule has 0 radical (unpaired) electrons. The number of rotatable bonds is 6. The van der Waals surface area contributed by atoms with Crippen molar-refractivity contribution in [3.05, 3.63) is 76.0 Å². The van der Waals surface area contributed by atoms with Gasteiger partial charge in [0.2, 0.25) is 0 Å². The molecule has 146 valence electrons. The Kier molecular flexibility index (Phi) is 5.76. The van der Waals surface area contributed by atoms with Crippen molar-refractivity contribution in [3.63, 3.8) is 0 Å². The summed E-state index contributed by atoms with van der Waals surface area (Å²) in [5.74, 6) is -0.723. The Hall–Kier alpha value is -2.78. The van der Waals surface area contributed by atoms with Gasteiger partial charge in [0.05, 0.1) is 10.6 Å². The summed E-state index contributed by atoms with van der Waals surface area (Å²) in [4.78, 5) is 17.0. The van der Waals surface area contributed by atoms with Crippen molar-refractivity contribution in [2.24, 2.45) is 0 Å². The van der Waals surface area contributed by atoms with Gasteiger partial charge in [0.1, 0.15) is 10.7 Å². The highest BCUT2D eigenvalue weighted by Gasteiger charge is 2.20. The molecule has 0 fully saturated rings. The summed E-state index contributed by atoms with van der Waals surface area (Å²) in [6, 6.07) is 12.2. The van der Waals surface area contributed by atoms with Crippen molar-refractivity contribution < 1.29 is 17.6 Å². The summed E-state index contributed by atoms with van der Waals surface area (Å²) in [6.45, 7) is 3.72. The van der Waals surface area contributed by atoms with E-state index in [2.05, 4.69) is 15.0 Å². The Morgan fingerprint density at radius 2 is 1.71 bits per heavy atom. The molecule has 0 atom stereocenters. The molecule has 1 aromatic heterocycles. The number of hydrogen-bond acceptors (Lipinski definition) is 5. The van der Waals surface area contributed by atoms with E-state index in [1.165, 1.54) is 24.3 Å². The minimum Gasteiger partial charge on any atom is -0.347 e. The quantitative estimate of drug-likeness (QED) is 0.639. The van der Waals surface area contributed by atoms with Crippen LogP contribution in [0.25, 0.3) is 0 Å². The fraction of sp³-hybridized carbons (Fsp3) is 0.158. The number of aromatic nitrogens is 1. The third-order valence-corrected chi connectivity index (χ3v) is 6.48. The third-order valence-electron chi connectivity index (χ3n) is 3.92. The van der Waals surface area contributed by atoms with E-state index < -0.39 is 10.0 Å². The molecule has 6 nitrogen and oxygen atoms in total. The zero-order chi connectivity index (χ0) is 20.3. The number of benzene rings is 2. The summed E-state index contributed by atoms with van der Waals surface area (Å²) in [7, 11) is -3.79. The van der Waals surface area contributed by atoms with E-state index in [-0.39, 0.29) is 28.3 Å². The first-order chi connectivity index (χ1) is 13.2. The number of nitrogens with one attached hydrogen (secondary N) is 2. The van der Waals surface area contributed by atoms with Gasteiger partial charge in [-0.15, -0.1) is 0 Å². The first-order valence-electron chi connectivity index (χ1n) is 8.34. The smallest absolute Gasteiger partial charge is 0.263 e. The number of anilines is 1. The van der Waals surface area contributed by atoms with Crippen LogP contribution in [-0.4, -0.2) is 19.3 Å². The van der Waals surface area contributed by atoms with E-state index in [4.69, 9.17) is 0 Å². The van der Waals surface area contributed by atoms with Crippen molar-refractivity contribution in [1.82, 2.24) is 10.3 Å². The van der Waals surface area contributed by atoms with Crippen molar-refractivity contribution in [2.45, 2.75) is 25.3 Å². The third kappa shape index (κ3) is 4.73. The molecule has 0 saturated heterocycles. The van der Waals surface area contributed by atoms with E-state index in [0.717, 1.165) is 22.5 Å². The Bertz CT molecular complexity index is 1090. The van der Waals surface area contributed by atoms with Crippen LogP contribution in [0, 0.1) is 19.7 Å². The molecule has 0 saturated carbocycles. The van der Waals surface area contributed by atoms with Gasteiger partial charge in [-0.3, -0.25) is 9.52 Å². The fourth-order valence-electron chi connectivity index (χ4n) is 2.41. The number of carbonyl (C=O) groups is 1. The molecule has 28 heavy (non-hydrogen) atoms. The van der Waals surface area contributed by atoms with Gasteiger partial charge in [-0.05, 0) is 43.7 Å². The van der Waals surface area contributed by atoms with Gasteiger partial charge in [0, 0.05) is 6.54 Å². The van der Waals surface area contributed by atoms with Gasteiger partial charge in [0.25, 0.3) is 15.9 Å². The summed E-state index contributed by atoms with van der Waals surface area (Å²) in [6.07, 6.45) is 0. The van der Waals surface area contributed by atoms with Gasteiger partial charge in [-0.2, -0.15) is 0 Å². The van der Waals surface area contributed by atoms with Crippen LogP contribution >= 0.6 is 11.3 Å². The molecule has 0 aliphatic rings. The standard InChI is InChI=1S/C19H18FN3O3S2/c1-12-3-9-16(10-4-12)28(25,26)23-19-22-13(2)17(27-19)18(24)21-11-14-5-7-15(20)8-6-14/h3-10H,11H2,1-2H3,(H,21,24)(H,22,23). The Labute approximate surface area is 166 Å². The number of hydrogen-bond donors (Lipinski definition) is 2. The molecule has 0 bridgehead atoms. The van der Waals surface area contributed by atoms with Crippen LogP contribution in [0.15, 0.2) is 53.4 Å². The number of sulfonamides is 1. The molecular weight excluding hydrogens is 401 g/mol. The second kappa shape index (κ2) is 8.07. The monoisotopic (exact) mass is 419 g/mol. The molecule has 9 heteroatoms. The second-order valence-corrected chi connectivity index (χ2v) is 8.84. The minimum absolute atomic E-state index is 0.116. The maximum absolute atomic E-state index is 12.9. The molecular formula is C19H18FN3O3S2. The van der Waals surface area contributed by atoms with Crippen LogP contribution in [0.5, 0.6) is 0 Å². The summed E-state index contributed by atoms with van der Waals surface area (Å²) >= 11 is 0.956. The van der Waals surface area contributed by atoms with Crippen molar-refractivity contribution in [3.8, 4) is 0 Å². The van der Waals surface area contributed by atoms with Gasteiger partial charge in [-0.25, -0.2) is 17.8 Å². The van der Waals surface area contributed by atoms with E-state index in [0.29, 0.717) is 10.6 Å². The predicted molar refractivity (Wildman–Crippen MR) is 106 cm³/mol. The highest BCUT2D eigenvalue weighted by molar-refractivity contribution is 7.93. The Morgan fingerprint density at radius 1 is 1.07 bits per heavy atom. The molecule has 2 N–H and O–H groups in total. The van der Waals surface area contributed by atoms with E-state index >= 15 is 0 Å². The Morgan fingerprint density at radius 3 is 2.36 bits per heavy atom. The summed E-state index contributed by atoms with van der Waals surface area (Å²) in [5.41, 5.74) is 2.12. The molecule has 1 amide bonds. The lowest BCUT2D eigenvalue weighted by molar-refractivity contribution is 0.0954. The van der Waals surface area contributed by atoms with Crippen molar-refractivity contribution in [1.29, 1.82) is 0 Å². The first-order valence-corrected chi connectivity index (χ1v) is 10.6. The normalized spacial score (nSPS) is 11.2. The SMILES string of the molecule is Cc1ccc(S(=O)(=O)Nc2nc(C)c(C(=O)NCc3ccc(F)cc3)s2)cc1. The largest absolute Gasteiger partial charge is 0.347 e. The van der Waals surface area contributed by atoms with E-state index in [9.17, 15) is 17.6 Å². The maximum atomic E-state index is 12.9. The molecule has 0 spiro atoms. The lowest BCUT2D eigenvalue weighted by atomic mass is 10.2. The van der Waals surface area contributed by atoms with Crippen LogP contribution in [0.1, 0.15) is 26.5 Å². The average molecular weight is 420 g/mol. The molecule has 0 aliphatic carbocycles. The molecule has 1 heterocycles. The minimum atomic E-state index is -3.79. The van der Waals surface area contributed by atoms with Crippen LogP contribution in [0.4, 0.5) is 9.52 Å². The molecule has 0 aliphatic heterocycles. The zero-order valence-corrected chi connectivity index (χ0v) is 16.8. The first kappa shape index (κ1) is 20.0. The van der Waals surface area contributed by atoms with E-state index in [1.807, 2.05) is 6.92 Å². The van der Waals surface area contributed by atoms with Gasteiger partial charge >= 0.3 is 0 Å². The van der Waals surface area contributed by atoms with Crippen LogP contribution in [-0.2, 0) is 16.6 Å². The zero-order valence-electron chi connectivity index (χ0n) is 15.2. The highest BCUT2D eigenvalue weighted by Crippen LogP contribution is 2.25. The predicted octanol–water partition coefficient (Wildman–Crippen LogP) is 3.63. The lowest BCUT2D eigenvalue weighted by Gasteiger charge is -2.05. The van der Waals surface area contributed by atoms with E-state index in [1.54, 1.807) is 31.2 Å². The number of aryl methyl sites for hydroxylation is 2. The maximum Gasteiger partial charge on any atom is 0.263 e. The van der Waals surface area contributed by atoms with Crippen LogP contribution in [0.2, 0.25) is 0 Å². The number of carbonyl (C=O) groups excluding carboxylic acids is 1. The fourth-order valence-corrected chi connectivity index (χ4v) is 4.52. The highest BCUT2D eigenvalue weighted by atomic mass is 32.2. The van der Waals surface area contributed by atoms with Crippen molar-refractivity contribution >= 4 is 32.4 Å². The Balaban J connectivity index is 1.70. The average Bonchev–Trinajstić information content (AvgIpc) is 3.01. The number of amides is 1. The lowest BCUT2D eigenvalue weighted by Crippen LogP contribution is -2.22.